The molecular formula is C15H24O4. The Kier molecular flexibility index (Phi) is 3.50. The van der Waals surface area contributed by atoms with Crippen LogP contribution in [0.1, 0.15) is 52.9 Å². The molecule has 4 heteroatoms. The van der Waals surface area contributed by atoms with Crippen LogP contribution in [0.5, 0.6) is 0 Å². The fraction of sp³-hybridized carbons (Fsp3) is 0.867. The number of ketones is 1. The number of aliphatic carboxylic acids is 1. The minimum Gasteiger partial charge on any atom is -0.479 e. The van der Waals surface area contributed by atoms with Crippen molar-refractivity contribution in [2.24, 2.45) is 22.7 Å². The van der Waals surface area contributed by atoms with E-state index in [4.69, 9.17) is 5.11 Å². The maximum atomic E-state index is 12.8. The van der Waals surface area contributed by atoms with Gasteiger partial charge >= 0.3 is 5.97 Å². The van der Waals surface area contributed by atoms with Crippen molar-refractivity contribution in [1.29, 1.82) is 0 Å². The molecule has 0 aromatic heterocycles. The number of Topliss-reactive ketones (excluding diaryl/α,β-unsaturated/α-hetero) is 1. The van der Waals surface area contributed by atoms with E-state index in [2.05, 4.69) is 13.8 Å². The molecule has 2 aliphatic carbocycles. The number of carbonyl (C=O) groups is 2. The lowest BCUT2D eigenvalue weighted by atomic mass is 9.46. The highest BCUT2D eigenvalue weighted by Gasteiger charge is 2.59. The molecule has 0 aromatic rings. The van der Waals surface area contributed by atoms with Crippen LogP contribution in [0.3, 0.4) is 0 Å². The van der Waals surface area contributed by atoms with Gasteiger partial charge in [0.1, 0.15) is 5.78 Å². The Hall–Kier alpha value is -0.900. The van der Waals surface area contributed by atoms with Gasteiger partial charge in [0.2, 0.25) is 0 Å². The van der Waals surface area contributed by atoms with Gasteiger partial charge in [-0.15, -0.1) is 0 Å². The monoisotopic (exact) mass is 268 g/mol. The molecule has 0 unspecified atom stereocenters. The van der Waals surface area contributed by atoms with E-state index in [1.165, 1.54) is 0 Å². The van der Waals surface area contributed by atoms with E-state index in [0.29, 0.717) is 12.3 Å². The summed E-state index contributed by atoms with van der Waals surface area (Å²) in [5, 5.41) is 18.7. The molecule has 2 fully saturated rings. The van der Waals surface area contributed by atoms with Crippen molar-refractivity contribution < 1.29 is 19.8 Å². The Morgan fingerprint density at radius 1 is 1.32 bits per heavy atom. The summed E-state index contributed by atoms with van der Waals surface area (Å²) in [5.74, 6) is -1.59. The average Bonchev–Trinajstić information content (AvgIpc) is 2.34. The molecule has 0 saturated heterocycles. The van der Waals surface area contributed by atoms with Crippen LogP contribution >= 0.6 is 0 Å². The summed E-state index contributed by atoms with van der Waals surface area (Å²) in [6.07, 6.45) is 2.72. The number of hydrogen-bond donors (Lipinski definition) is 2. The second kappa shape index (κ2) is 4.58. The fourth-order valence-electron chi connectivity index (χ4n) is 4.31. The topological polar surface area (TPSA) is 74.6 Å². The quantitative estimate of drug-likeness (QED) is 0.805. The highest BCUT2D eigenvalue weighted by Crippen LogP contribution is 2.60. The van der Waals surface area contributed by atoms with Gasteiger partial charge in [-0.05, 0) is 30.6 Å². The van der Waals surface area contributed by atoms with Gasteiger partial charge in [-0.25, -0.2) is 4.79 Å². The van der Waals surface area contributed by atoms with Gasteiger partial charge in [-0.2, -0.15) is 0 Å². The van der Waals surface area contributed by atoms with Crippen LogP contribution in [0.25, 0.3) is 0 Å². The molecule has 2 saturated carbocycles. The Bertz CT molecular complexity index is 405. The van der Waals surface area contributed by atoms with Crippen molar-refractivity contribution >= 4 is 11.8 Å². The highest BCUT2D eigenvalue weighted by atomic mass is 16.4. The van der Waals surface area contributed by atoms with Crippen molar-refractivity contribution in [3.8, 4) is 0 Å². The summed E-state index contributed by atoms with van der Waals surface area (Å²) < 4.78 is 0. The summed E-state index contributed by atoms with van der Waals surface area (Å²) in [6.45, 7) is 6.34. The number of carbonyl (C=O) groups excluding carboxylic acids is 1. The summed E-state index contributed by atoms with van der Waals surface area (Å²) in [5.41, 5.74) is -0.541. The zero-order valence-corrected chi connectivity index (χ0v) is 12.0. The Morgan fingerprint density at radius 3 is 2.53 bits per heavy atom. The van der Waals surface area contributed by atoms with Crippen molar-refractivity contribution in [2.75, 3.05) is 0 Å². The van der Waals surface area contributed by atoms with Gasteiger partial charge in [0.25, 0.3) is 0 Å². The van der Waals surface area contributed by atoms with E-state index >= 15 is 0 Å². The van der Waals surface area contributed by atoms with Gasteiger partial charge in [0.05, 0.1) is 5.92 Å². The maximum Gasteiger partial charge on any atom is 0.333 e. The van der Waals surface area contributed by atoms with Gasteiger partial charge in [0.15, 0.2) is 6.10 Å². The highest BCUT2D eigenvalue weighted by molar-refractivity contribution is 5.92. The lowest BCUT2D eigenvalue weighted by molar-refractivity contribution is -0.169. The van der Waals surface area contributed by atoms with Crippen LogP contribution in [0.15, 0.2) is 0 Å². The van der Waals surface area contributed by atoms with Crippen molar-refractivity contribution in [2.45, 2.75) is 59.0 Å². The van der Waals surface area contributed by atoms with E-state index in [0.717, 1.165) is 25.7 Å². The number of aliphatic hydroxyl groups is 1. The van der Waals surface area contributed by atoms with Crippen molar-refractivity contribution in [3.05, 3.63) is 0 Å². The lowest BCUT2D eigenvalue weighted by Crippen LogP contribution is -2.58. The second-order valence-corrected chi connectivity index (χ2v) is 6.84. The predicted octanol–water partition coefficient (Wildman–Crippen LogP) is 2.24. The third-order valence-corrected chi connectivity index (χ3v) is 6.15. The van der Waals surface area contributed by atoms with E-state index in [9.17, 15) is 14.7 Å². The summed E-state index contributed by atoms with van der Waals surface area (Å²) >= 11 is 0. The number of carboxylic acid groups (broad SMARTS) is 1. The SMILES string of the molecule is C[C@H]1CCC[C@]2(C)C(=O)[C@H]([C@@H](O)C(=O)O)CC[C@]12C. The molecule has 0 radical (unpaired) electrons. The molecule has 0 aliphatic heterocycles. The van der Waals surface area contributed by atoms with Crippen molar-refractivity contribution in [3.63, 3.8) is 0 Å². The van der Waals surface area contributed by atoms with Crippen molar-refractivity contribution in [1.82, 2.24) is 0 Å². The molecule has 0 spiro atoms. The van der Waals surface area contributed by atoms with E-state index in [-0.39, 0.29) is 11.2 Å². The molecule has 19 heavy (non-hydrogen) atoms. The van der Waals surface area contributed by atoms with Crippen LogP contribution in [0, 0.1) is 22.7 Å². The zero-order valence-electron chi connectivity index (χ0n) is 12.0. The Balaban J connectivity index is 2.33. The maximum absolute atomic E-state index is 12.8. The lowest BCUT2D eigenvalue weighted by Gasteiger charge is -2.57. The van der Waals surface area contributed by atoms with Crippen LogP contribution in [-0.4, -0.2) is 28.1 Å². The molecule has 2 rings (SSSR count). The molecule has 108 valence electrons. The van der Waals surface area contributed by atoms with Gasteiger partial charge in [0, 0.05) is 5.41 Å². The molecule has 0 amide bonds. The molecule has 5 atom stereocenters. The molecule has 2 N–H and O–H groups in total. The third kappa shape index (κ3) is 1.92. The third-order valence-electron chi connectivity index (χ3n) is 6.15. The minimum atomic E-state index is -1.55. The number of fused-ring (bicyclic) bond motifs is 1. The molecule has 4 nitrogen and oxygen atoms in total. The van der Waals surface area contributed by atoms with Gasteiger partial charge in [-0.1, -0.05) is 33.6 Å². The number of aliphatic hydroxyl groups excluding tert-OH is 1. The normalized spacial score (nSPS) is 44.5. The van der Waals surface area contributed by atoms with Crippen LogP contribution in [-0.2, 0) is 9.59 Å². The van der Waals surface area contributed by atoms with Crippen LogP contribution in [0.4, 0.5) is 0 Å². The van der Waals surface area contributed by atoms with Gasteiger partial charge in [-0.3, -0.25) is 4.79 Å². The largest absolute Gasteiger partial charge is 0.479 e. The molecule has 2 aliphatic rings. The van der Waals surface area contributed by atoms with Crippen LogP contribution in [0.2, 0.25) is 0 Å². The number of carboxylic acids is 1. The van der Waals surface area contributed by atoms with E-state index in [1.807, 2.05) is 6.92 Å². The fourth-order valence-corrected chi connectivity index (χ4v) is 4.31. The average molecular weight is 268 g/mol. The first-order valence-corrected chi connectivity index (χ1v) is 7.19. The van der Waals surface area contributed by atoms with E-state index < -0.39 is 23.4 Å². The molecular weight excluding hydrogens is 244 g/mol. The minimum absolute atomic E-state index is 0.0392. The first-order valence-electron chi connectivity index (χ1n) is 7.19. The summed E-state index contributed by atoms with van der Waals surface area (Å²) in [6, 6.07) is 0. The first-order chi connectivity index (χ1) is 8.74. The molecule has 0 aromatic carbocycles. The first kappa shape index (κ1) is 14.5. The van der Waals surface area contributed by atoms with Crippen LogP contribution < -0.4 is 0 Å². The Labute approximate surface area is 114 Å². The summed E-state index contributed by atoms with van der Waals surface area (Å²) in [4.78, 5) is 23.7. The number of rotatable bonds is 2. The Morgan fingerprint density at radius 2 is 1.95 bits per heavy atom. The predicted molar refractivity (Wildman–Crippen MR) is 70.6 cm³/mol. The van der Waals surface area contributed by atoms with E-state index in [1.54, 1.807) is 0 Å². The zero-order chi connectivity index (χ0) is 14.4. The number of hydrogen-bond acceptors (Lipinski definition) is 3. The molecule has 0 heterocycles. The molecule has 0 bridgehead atoms. The standard InChI is InChI=1S/C15H24O4/c1-9-5-4-7-15(3)12(17)10(11(16)13(18)19)6-8-14(9,15)2/h9-11,16H,4-8H2,1-3H3,(H,18,19)/t9-,10-,11+,14+,15+/m0/s1. The van der Waals surface area contributed by atoms with Gasteiger partial charge < -0.3 is 10.2 Å². The smallest absolute Gasteiger partial charge is 0.333 e. The summed E-state index contributed by atoms with van der Waals surface area (Å²) in [7, 11) is 0. The second-order valence-electron chi connectivity index (χ2n) is 6.84.